The van der Waals surface area contributed by atoms with Crippen LogP contribution in [0.3, 0.4) is 0 Å². The zero-order valence-corrected chi connectivity index (χ0v) is 17.0. The molecule has 1 fully saturated rings. The van der Waals surface area contributed by atoms with Crippen molar-refractivity contribution >= 4 is 5.96 Å². The van der Waals surface area contributed by atoms with Crippen LogP contribution in [-0.2, 0) is 6.42 Å². The quantitative estimate of drug-likeness (QED) is 0.352. The molecule has 1 atom stereocenters. The molecule has 1 aliphatic rings. The van der Waals surface area contributed by atoms with Gasteiger partial charge in [0.1, 0.15) is 0 Å². The Morgan fingerprint density at radius 2 is 1.86 bits per heavy atom. The van der Waals surface area contributed by atoms with Gasteiger partial charge < -0.3 is 15.2 Å². The van der Waals surface area contributed by atoms with E-state index in [4.69, 9.17) is 15.7 Å². The molecule has 0 radical (unpaired) electrons. The van der Waals surface area contributed by atoms with E-state index in [1.54, 1.807) is 0 Å². The normalized spacial score (nSPS) is 16.6. The second-order valence-electron chi connectivity index (χ2n) is 7.84. The molecular weight excluding hydrogens is 350 g/mol. The summed E-state index contributed by atoms with van der Waals surface area (Å²) in [5.41, 5.74) is 7.92. The van der Waals surface area contributed by atoms with E-state index < -0.39 is 0 Å². The monoisotopic (exact) mass is 383 g/mol. The second kappa shape index (κ2) is 10.2. The fraction of sp³-hybridized carbons (Fsp3) is 0.591. The topological polar surface area (TPSA) is 92.0 Å². The van der Waals surface area contributed by atoms with Gasteiger partial charge in [-0.05, 0) is 24.8 Å². The van der Waals surface area contributed by atoms with Crippen LogP contribution in [0.5, 0.6) is 0 Å². The van der Waals surface area contributed by atoms with Crippen LogP contribution >= 0.6 is 0 Å². The molecule has 1 aliphatic heterocycles. The van der Waals surface area contributed by atoms with Gasteiger partial charge in [0.2, 0.25) is 11.7 Å². The van der Waals surface area contributed by atoms with Crippen LogP contribution in [-0.4, -0.2) is 34.1 Å². The predicted molar refractivity (Wildman–Crippen MR) is 112 cm³/mol. The number of unbranched alkanes of at least 4 members (excludes halogenated alkanes) is 6. The SMILES string of the molecule is CCCCCCCCCc1ccc(-c2noc(C3CCN(C(=N)N)C3)n2)cc1. The first-order valence-electron chi connectivity index (χ1n) is 10.7. The highest BCUT2D eigenvalue weighted by Gasteiger charge is 2.29. The van der Waals surface area contributed by atoms with Gasteiger partial charge in [-0.2, -0.15) is 4.98 Å². The van der Waals surface area contributed by atoms with Gasteiger partial charge in [-0.25, -0.2) is 0 Å². The molecular formula is C22H33N5O. The average molecular weight is 384 g/mol. The Balaban J connectivity index is 1.46. The molecule has 1 saturated heterocycles. The van der Waals surface area contributed by atoms with Crippen molar-refractivity contribution in [3.05, 3.63) is 35.7 Å². The lowest BCUT2D eigenvalue weighted by Gasteiger charge is -2.14. The Morgan fingerprint density at radius 3 is 2.54 bits per heavy atom. The molecule has 0 amide bonds. The maximum Gasteiger partial charge on any atom is 0.231 e. The minimum Gasteiger partial charge on any atom is -0.370 e. The van der Waals surface area contributed by atoms with E-state index in [0.29, 0.717) is 18.3 Å². The lowest BCUT2D eigenvalue weighted by molar-refractivity contribution is 0.354. The number of guanidine groups is 1. The molecule has 2 aromatic rings. The highest BCUT2D eigenvalue weighted by atomic mass is 16.5. The van der Waals surface area contributed by atoms with Gasteiger partial charge in [0, 0.05) is 18.7 Å². The third kappa shape index (κ3) is 5.57. The summed E-state index contributed by atoms with van der Waals surface area (Å²) in [5, 5.41) is 11.7. The van der Waals surface area contributed by atoms with Crippen LogP contribution in [0.15, 0.2) is 28.8 Å². The molecule has 0 bridgehead atoms. The van der Waals surface area contributed by atoms with Crippen molar-refractivity contribution in [2.45, 2.75) is 70.6 Å². The molecule has 0 saturated carbocycles. The molecule has 28 heavy (non-hydrogen) atoms. The van der Waals surface area contributed by atoms with E-state index >= 15 is 0 Å². The lowest BCUT2D eigenvalue weighted by Crippen LogP contribution is -2.34. The zero-order valence-electron chi connectivity index (χ0n) is 17.0. The minimum absolute atomic E-state index is 0.110. The van der Waals surface area contributed by atoms with Gasteiger partial charge in [-0.15, -0.1) is 0 Å². The summed E-state index contributed by atoms with van der Waals surface area (Å²) in [6, 6.07) is 8.52. The van der Waals surface area contributed by atoms with E-state index in [-0.39, 0.29) is 11.9 Å². The van der Waals surface area contributed by atoms with Crippen molar-refractivity contribution in [3.63, 3.8) is 0 Å². The summed E-state index contributed by atoms with van der Waals surface area (Å²) in [4.78, 5) is 6.42. The molecule has 3 rings (SSSR count). The molecule has 0 aliphatic carbocycles. The van der Waals surface area contributed by atoms with E-state index in [9.17, 15) is 0 Å². The van der Waals surface area contributed by atoms with Crippen molar-refractivity contribution in [1.29, 1.82) is 5.41 Å². The molecule has 1 unspecified atom stereocenters. The van der Waals surface area contributed by atoms with E-state index in [2.05, 4.69) is 41.3 Å². The fourth-order valence-corrected chi connectivity index (χ4v) is 3.81. The highest BCUT2D eigenvalue weighted by molar-refractivity contribution is 5.75. The number of aromatic nitrogens is 2. The van der Waals surface area contributed by atoms with E-state index in [1.807, 2.05) is 4.90 Å². The molecule has 152 valence electrons. The number of rotatable bonds is 10. The Hall–Kier alpha value is -2.37. The summed E-state index contributed by atoms with van der Waals surface area (Å²) in [6.45, 7) is 3.70. The largest absolute Gasteiger partial charge is 0.370 e. The Labute approximate surface area is 168 Å². The van der Waals surface area contributed by atoms with Gasteiger partial charge >= 0.3 is 0 Å². The summed E-state index contributed by atoms with van der Waals surface area (Å²) in [6.07, 6.45) is 11.4. The van der Waals surface area contributed by atoms with Crippen molar-refractivity contribution in [1.82, 2.24) is 15.0 Å². The first kappa shape index (κ1) is 20.4. The van der Waals surface area contributed by atoms with Gasteiger partial charge in [0.15, 0.2) is 5.96 Å². The van der Waals surface area contributed by atoms with E-state index in [1.165, 1.54) is 50.5 Å². The van der Waals surface area contributed by atoms with Gasteiger partial charge in [0.25, 0.3) is 0 Å². The van der Waals surface area contributed by atoms with Crippen molar-refractivity contribution in [2.75, 3.05) is 13.1 Å². The van der Waals surface area contributed by atoms with Crippen molar-refractivity contribution in [2.24, 2.45) is 5.73 Å². The van der Waals surface area contributed by atoms with Crippen LogP contribution < -0.4 is 5.73 Å². The molecule has 6 heteroatoms. The van der Waals surface area contributed by atoms with Crippen LogP contribution in [0.25, 0.3) is 11.4 Å². The number of nitrogens with two attached hydrogens (primary N) is 1. The predicted octanol–water partition coefficient (Wildman–Crippen LogP) is 4.71. The number of hydrogen-bond donors (Lipinski definition) is 2. The Morgan fingerprint density at radius 1 is 1.14 bits per heavy atom. The number of benzene rings is 1. The first-order chi connectivity index (χ1) is 13.7. The lowest BCUT2D eigenvalue weighted by atomic mass is 10.0. The van der Waals surface area contributed by atoms with Gasteiger partial charge in [-0.1, -0.05) is 74.9 Å². The summed E-state index contributed by atoms with van der Waals surface area (Å²) in [7, 11) is 0. The first-order valence-corrected chi connectivity index (χ1v) is 10.7. The van der Waals surface area contributed by atoms with Gasteiger partial charge in [-0.3, -0.25) is 5.41 Å². The minimum atomic E-state index is 0.110. The smallest absolute Gasteiger partial charge is 0.231 e. The van der Waals surface area contributed by atoms with Crippen LogP contribution in [0, 0.1) is 5.41 Å². The Kier molecular flexibility index (Phi) is 7.46. The van der Waals surface area contributed by atoms with Crippen molar-refractivity contribution in [3.8, 4) is 11.4 Å². The molecule has 1 aromatic heterocycles. The number of likely N-dealkylation sites (tertiary alicyclic amines) is 1. The maximum atomic E-state index is 7.54. The number of hydrogen-bond acceptors (Lipinski definition) is 4. The Bertz CT molecular complexity index is 740. The second-order valence-corrected chi connectivity index (χ2v) is 7.84. The maximum absolute atomic E-state index is 7.54. The molecule has 6 nitrogen and oxygen atoms in total. The molecule has 1 aromatic carbocycles. The molecule has 0 spiro atoms. The highest BCUT2D eigenvalue weighted by Crippen LogP contribution is 2.27. The molecule has 2 heterocycles. The van der Waals surface area contributed by atoms with Crippen LogP contribution in [0.2, 0.25) is 0 Å². The average Bonchev–Trinajstić information content (AvgIpc) is 3.37. The summed E-state index contributed by atoms with van der Waals surface area (Å²) in [5.74, 6) is 1.55. The summed E-state index contributed by atoms with van der Waals surface area (Å²) < 4.78 is 5.48. The molecule has 3 N–H and O–H groups in total. The zero-order chi connectivity index (χ0) is 19.8. The van der Waals surface area contributed by atoms with Crippen molar-refractivity contribution < 1.29 is 4.52 Å². The standard InChI is InChI=1S/C22H33N5O/c1-2-3-4-5-6-7-8-9-17-10-12-18(13-11-17)20-25-21(28-26-20)19-14-15-27(16-19)22(23)24/h10-13,19H,2-9,14-16H2,1H3,(H3,23,24). The van der Waals surface area contributed by atoms with Gasteiger partial charge in [0.05, 0.1) is 5.92 Å². The third-order valence-corrected chi connectivity index (χ3v) is 5.60. The van der Waals surface area contributed by atoms with Crippen LogP contribution in [0.1, 0.15) is 75.7 Å². The van der Waals surface area contributed by atoms with E-state index in [0.717, 1.165) is 24.9 Å². The number of aryl methyl sites for hydroxylation is 1. The number of nitrogens with one attached hydrogen (secondary N) is 1. The summed E-state index contributed by atoms with van der Waals surface area (Å²) >= 11 is 0. The number of nitrogens with zero attached hydrogens (tertiary/aromatic N) is 3. The van der Waals surface area contributed by atoms with Crippen LogP contribution in [0.4, 0.5) is 0 Å². The fourth-order valence-electron chi connectivity index (χ4n) is 3.81. The third-order valence-electron chi connectivity index (χ3n) is 5.60.